The standard InChI is InChI=1S/C25H23FN4O5/c26-17-9-7-16(8-10-17)23-28-20(35-29-23)11-12-22(32)34-15-21(31)30-19-6-2-1-5-18(19)27-24(33)25(30)13-3-4-14-25/h1-2,5-10H,3-4,11-15H2,(H,27,33). The Balaban J connectivity index is 1.21. The van der Waals surface area contributed by atoms with E-state index in [0.29, 0.717) is 29.8 Å². The van der Waals surface area contributed by atoms with Crippen molar-refractivity contribution in [1.29, 1.82) is 0 Å². The molecule has 0 bridgehead atoms. The van der Waals surface area contributed by atoms with Crippen LogP contribution in [0, 0.1) is 5.82 Å². The van der Waals surface area contributed by atoms with Crippen molar-refractivity contribution in [1.82, 2.24) is 10.1 Å². The molecule has 2 amide bonds. The van der Waals surface area contributed by atoms with Gasteiger partial charge in [0.15, 0.2) is 6.61 Å². The van der Waals surface area contributed by atoms with Crippen molar-refractivity contribution in [2.24, 2.45) is 0 Å². The molecule has 2 aliphatic rings. The highest BCUT2D eigenvalue weighted by molar-refractivity contribution is 6.15. The fraction of sp³-hybridized carbons (Fsp3) is 0.320. The molecule has 0 atom stereocenters. The molecule has 180 valence electrons. The largest absolute Gasteiger partial charge is 0.456 e. The summed E-state index contributed by atoms with van der Waals surface area (Å²) in [6, 6.07) is 12.7. The number of hydrogen-bond acceptors (Lipinski definition) is 7. The van der Waals surface area contributed by atoms with Crippen molar-refractivity contribution in [3.63, 3.8) is 0 Å². The first kappa shape index (κ1) is 22.7. The quantitative estimate of drug-likeness (QED) is 0.538. The van der Waals surface area contributed by atoms with Crippen LogP contribution >= 0.6 is 0 Å². The second-order valence-electron chi connectivity index (χ2n) is 8.62. The highest BCUT2D eigenvalue weighted by atomic mass is 19.1. The van der Waals surface area contributed by atoms with Gasteiger partial charge in [0.25, 0.3) is 11.8 Å². The van der Waals surface area contributed by atoms with Crippen LogP contribution in [0.3, 0.4) is 0 Å². The van der Waals surface area contributed by atoms with Crippen LogP contribution in [0.15, 0.2) is 53.1 Å². The number of carbonyl (C=O) groups is 3. The Morgan fingerprint density at radius 2 is 1.86 bits per heavy atom. The predicted octanol–water partition coefficient (Wildman–Crippen LogP) is 3.65. The van der Waals surface area contributed by atoms with E-state index in [9.17, 15) is 18.8 Å². The predicted molar refractivity (Wildman–Crippen MR) is 123 cm³/mol. The molecule has 2 aromatic carbocycles. The molecule has 10 heteroatoms. The van der Waals surface area contributed by atoms with Crippen LogP contribution in [-0.2, 0) is 25.5 Å². The molecule has 0 radical (unpaired) electrons. The molecule has 1 aromatic heterocycles. The SMILES string of the molecule is O=C(CCc1nc(-c2ccc(F)cc2)no1)OCC(=O)N1c2ccccc2NC(=O)C12CCCC2. The van der Waals surface area contributed by atoms with E-state index in [-0.39, 0.29) is 36.3 Å². The Morgan fingerprint density at radius 1 is 1.11 bits per heavy atom. The van der Waals surface area contributed by atoms with Gasteiger partial charge in [-0.15, -0.1) is 0 Å². The van der Waals surface area contributed by atoms with E-state index >= 15 is 0 Å². The van der Waals surface area contributed by atoms with Crippen molar-refractivity contribution in [2.75, 3.05) is 16.8 Å². The van der Waals surface area contributed by atoms with Gasteiger partial charge in [0.1, 0.15) is 11.4 Å². The van der Waals surface area contributed by atoms with E-state index in [4.69, 9.17) is 9.26 Å². The Kier molecular flexibility index (Phi) is 6.02. The normalized spacial score (nSPS) is 16.1. The summed E-state index contributed by atoms with van der Waals surface area (Å²) in [5.41, 5.74) is 0.789. The smallest absolute Gasteiger partial charge is 0.306 e. The molecule has 5 rings (SSSR count). The van der Waals surface area contributed by atoms with Gasteiger partial charge in [-0.2, -0.15) is 4.98 Å². The molecular weight excluding hydrogens is 455 g/mol. The van der Waals surface area contributed by atoms with E-state index in [1.165, 1.54) is 29.2 Å². The molecule has 1 aliphatic carbocycles. The summed E-state index contributed by atoms with van der Waals surface area (Å²) >= 11 is 0. The summed E-state index contributed by atoms with van der Waals surface area (Å²) in [5.74, 6) is -1.12. The van der Waals surface area contributed by atoms with E-state index in [2.05, 4.69) is 15.5 Å². The maximum Gasteiger partial charge on any atom is 0.306 e. The minimum Gasteiger partial charge on any atom is -0.456 e. The first-order valence-corrected chi connectivity index (χ1v) is 11.4. The lowest BCUT2D eigenvalue weighted by Crippen LogP contribution is -2.61. The number of rotatable bonds is 6. The number of nitrogens with one attached hydrogen (secondary N) is 1. The first-order chi connectivity index (χ1) is 17.0. The minimum atomic E-state index is -0.960. The van der Waals surface area contributed by atoms with Crippen LogP contribution in [0.2, 0.25) is 0 Å². The third-order valence-electron chi connectivity index (χ3n) is 6.39. The van der Waals surface area contributed by atoms with Gasteiger partial charge in [-0.05, 0) is 49.2 Å². The van der Waals surface area contributed by atoms with E-state index in [1.54, 1.807) is 24.3 Å². The summed E-state index contributed by atoms with van der Waals surface area (Å²) in [6.45, 7) is -0.479. The minimum absolute atomic E-state index is 0.0689. The Hall–Kier alpha value is -4.08. The number of hydrogen-bond donors (Lipinski definition) is 1. The van der Waals surface area contributed by atoms with Crippen molar-refractivity contribution in [3.8, 4) is 11.4 Å². The molecule has 1 spiro atoms. The molecule has 35 heavy (non-hydrogen) atoms. The number of esters is 1. The monoisotopic (exact) mass is 478 g/mol. The number of anilines is 2. The van der Waals surface area contributed by atoms with E-state index in [1.807, 2.05) is 0 Å². The lowest BCUT2D eigenvalue weighted by molar-refractivity contribution is -0.148. The van der Waals surface area contributed by atoms with Crippen LogP contribution in [0.5, 0.6) is 0 Å². The highest BCUT2D eigenvalue weighted by Crippen LogP contribution is 2.45. The van der Waals surface area contributed by atoms with Gasteiger partial charge in [0, 0.05) is 12.0 Å². The number of fused-ring (bicyclic) bond motifs is 1. The molecule has 1 saturated carbocycles. The number of aryl methyl sites for hydroxylation is 1. The Bertz CT molecular complexity index is 1270. The third kappa shape index (κ3) is 4.39. The van der Waals surface area contributed by atoms with E-state index < -0.39 is 24.0 Å². The molecule has 0 unspecified atom stereocenters. The van der Waals surface area contributed by atoms with Gasteiger partial charge in [-0.1, -0.05) is 30.1 Å². The molecule has 9 nitrogen and oxygen atoms in total. The number of halogens is 1. The molecule has 2 heterocycles. The fourth-order valence-electron chi connectivity index (χ4n) is 4.69. The average Bonchev–Trinajstić information content (AvgIpc) is 3.54. The average molecular weight is 478 g/mol. The van der Waals surface area contributed by atoms with Gasteiger partial charge in [-0.3, -0.25) is 19.3 Å². The van der Waals surface area contributed by atoms with Gasteiger partial charge < -0.3 is 14.6 Å². The molecule has 1 N–H and O–H groups in total. The number of amides is 2. The van der Waals surface area contributed by atoms with Crippen LogP contribution in [0.1, 0.15) is 38.0 Å². The summed E-state index contributed by atoms with van der Waals surface area (Å²) < 4.78 is 23.5. The summed E-state index contributed by atoms with van der Waals surface area (Å²) in [4.78, 5) is 44.2. The third-order valence-corrected chi connectivity index (χ3v) is 6.39. The molecule has 1 fully saturated rings. The lowest BCUT2D eigenvalue weighted by atomic mass is 9.90. The number of nitrogens with zero attached hydrogens (tertiary/aromatic N) is 3. The van der Waals surface area contributed by atoms with Crippen LogP contribution < -0.4 is 10.2 Å². The van der Waals surface area contributed by atoms with Crippen molar-refractivity contribution in [2.45, 2.75) is 44.1 Å². The summed E-state index contributed by atoms with van der Waals surface area (Å²) in [6.07, 6.45) is 2.84. The van der Waals surface area contributed by atoms with Gasteiger partial charge in [0.05, 0.1) is 17.8 Å². The van der Waals surface area contributed by atoms with Crippen LogP contribution in [0.4, 0.5) is 15.8 Å². The topological polar surface area (TPSA) is 115 Å². The number of aromatic nitrogens is 2. The molecule has 1 aliphatic heterocycles. The van der Waals surface area contributed by atoms with Gasteiger partial charge in [0.2, 0.25) is 11.7 Å². The van der Waals surface area contributed by atoms with Crippen LogP contribution in [-0.4, -0.2) is 40.1 Å². The Morgan fingerprint density at radius 3 is 2.63 bits per heavy atom. The zero-order valence-electron chi connectivity index (χ0n) is 18.8. The summed E-state index contributed by atoms with van der Waals surface area (Å²) in [5, 5.41) is 6.75. The maximum atomic E-state index is 13.2. The van der Waals surface area contributed by atoms with E-state index in [0.717, 1.165) is 12.8 Å². The molecule has 3 aromatic rings. The van der Waals surface area contributed by atoms with Gasteiger partial charge >= 0.3 is 5.97 Å². The number of benzene rings is 2. The fourth-order valence-corrected chi connectivity index (χ4v) is 4.69. The second kappa shape index (κ2) is 9.28. The van der Waals surface area contributed by atoms with Gasteiger partial charge in [-0.25, -0.2) is 4.39 Å². The second-order valence-corrected chi connectivity index (χ2v) is 8.62. The number of carbonyl (C=O) groups excluding carboxylic acids is 3. The number of ether oxygens (including phenoxy) is 1. The molecule has 0 saturated heterocycles. The lowest BCUT2D eigenvalue weighted by Gasteiger charge is -2.44. The first-order valence-electron chi connectivity index (χ1n) is 11.4. The highest BCUT2D eigenvalue weighted by Gasteiger charge is 2.52. The Labute approximate surface area is 200 Å². The van der Waals surface area contributed by atoms with Crippen molar-refractivity contribution in [3.05, 3.63) is 60.2 Å². The zero-order chi connectivity index (χ0) is 24.4. The van der Waals surface area contributed by atoms with Crippen LogP contribution in [0.25, 0.3) is 11.4 Å². The molecular formula is C25H23FN4O5. The number of para-hydroxylation sites is 2. The maximum absolute atomic E-state index is 13.2. The summed E-state index contributed by atoms with van der Waals surface area (Å²) in [7, 11) is 0. The van der Waals surface area contributed by atoms with Crippen molar-refractivity contribution < 1.29 is 28.0 Å². The zero-order valence-corrected chi connectivity index (χ0v) is 18.8. The van der Waals surface area contributed by atoms with Crippen molar-refractivity contribution >= 4 is 29.2 Å².